The lowest BCUT2D eigenvalue weighted by molar-refractivity contribution is -0.0853. The van der Waals surface area contributed by atoms with E-state index in [1.165, 1.54) is 38.5 Å². The zero-order chi connectivity index (χ0) is 10.6. The molecule has 2 rings (SSSR count). The van der Waals surface area contributed by atoms with E-state index in [1.807, 2.05) is 0 Å². The van der Waals surface area contributed by atoms with E-state index in [9.17, 15) is 0 Å². The maximum absolute atomic E-state index is 6.02. The molecule has 1 nitrogen and oxygen atoms in total. The highest BCUT2D eigenvalue weighted by Gasteiger charge is 2.38. The molecule has 1 aliphatic carbocycles. The van der Waals surface area contributed by atoms with Crippen molar-refractivity contribution in [2.24, 2.45) is 5.92 Å². The van der Waals surface area contributed by atoms with Crippen LogP contribution in [0.25, 0.3) is 0 Å². The lowest BCUT2D eigenvalue weighted by Crippen LogP contribution is -2.36. The van der Waals surface area contributed by atoms with Gasteiger partial charge in [-0.1, -0.05) is 40.9 Å². The van der Waals surface area contributed by atoms with Crippen LogP contribution in [0.5, 0.6) is 0 Å². The molecular weight excluding hydrogens is 252 g/mol. The van der Waals surface area contributed by atoms with Gasteiger partial charge in [-0.2, -0.15) is 0 Å². The Kier molecular flexibility index (Phi) is 4.27. The van der Waals surface area contributed by atoms with Crippen LogP contribution in [0.4, 0.5) is 0 Å². The Labute approximate surface area is 101 Å². The van der Waals surface area contributed by atoms with E-state index in [1.54, 1.807) is 0 Å². The molecule has 1 aliphatic heterocycles. The second kappa shape index (κ2) is 5.49. The first-order valence-corrected chi connectivity index (χ1v) is 7.33. The lowest BCUT2D eigenvalue weighted by atomic mass is 9.84. The summed E-state index contributed by atoms with van der Waals surface area (Å²) in [7, 11) is 0. The zero-order valence-corrected chi connectivity index (χ0v) is 11.0. The Morgan fingerprint density at radius 2 is 2.13 bits per heavy atom. The van der Waals surface area contributed by atoms with Gasteiger partial charge in [0.1, 0.15) is 0 Å². The minimum absolute atomic E-state index is 0.279. The molecule has 0 bridgehead atoms. The molecule has 1 saturated carbocycles. The maximum atomic E-state index is 6.02. The van der Waals surface area contributed by atoms with Crippen LogP contribution in [-0.2, 0) is 4.74 Å². The highest BCUT2D eigenvalue weighted by atomic mass is 79.9. The van der Waals surface area contributed by atoms with Gasteiger partial charge < -0.3 is 4.74 Å². The second-order valence-corrected chi connectivity index (χ2v) is 5.69. The summed E-state index contributed by atoms with van der Waals surface area (Å²) < 4.78 is 6.02. The first kappa shape index (κ1) is 11.7. The van der Waals surface area contributed by atoms with E-state index in [2.05, 4.69) is 28.1 Å². The molecule has 0 amide bonds. The Balaban J connectivity index is 1.86. The fourth-order valence-electron chi connectivity index (χ4n) is 2.95. The first-order valence-electron chi connectivity index (χ1n) is 6.21. The van der Waals surface area contributed by atoms with Gasteiger partial charge in [-0.15, -0.1) is 0 Å². The summed E-state index contributed by atoms with van der Waals surface area (Å²) >= 11 is 3.46. The molecule has 1 unspecified atom stereocenters. The van der Waals surface area contributed by atoms with Crippen molar-refractivity contribution >= 4 is 15.9 Å². The van der Waals surface area contributed by atoms with E-state index in [-0.39, 0.29) is 5.60 Å². The molecule has 86 valence electrons. The topological polar surface area (TPSA) is 9.23 Å². The minimum atomic E-state index is 0.279. The van der Waals surface area contributed by atoms with Crippen molar-refractivity contribution < 1.29 is 4.74 Å². The zero-order valence-electron chi connectivity index (χ0n) is 9.38. The molecule has 1 atom stereocenters. The SMILES string of the molecule is BrCCC=CC1CCOC2(CCCC2)C1. The van der Waals surface area contributed by atoms with Crippen molar-refractivity contribution in [3.8, 4) is 0 Å². The predicted octanol–water partition coefficient (Wildman–Crippen LogP) is 4.07. The summed E-state index contributed by atoms with van der Waals surface area (Å²) in [5.41, 5.74) is 0.279. The summed E-state index contributed by atoms with van der Waals surface area (Å²) in [5.74, 6) is 0.774. The van der Waals surface area contributed by atoms with E-state index in [0.29, 0.717) is 0 Å². The van der Waals surface area contributed by atoms with E-state index in [4.69, 9.17) is 4.74 Å². The Hall–Kier alpha value is 0.180. The van der Waals surface area contributed by atoms with Crippen LogP contribution in [0.1, 0.15) is 44.9 Å². The van der Waals surface area contributed by atoms with Crippen LogP contribution < -0.4 is 0 Å². The van der Waals surface area contributed by atoms with Gasteiger partial charge in [0.25, 0.3) is 0 Å². The van der Waals surface area contributed by atoms with Crippen molar-refractivity contribution in [1.29, 1.82) is 0 Å². The average Bonchev–Trinajstić information content (AvgIpc) is 2.67. The largest absolute Gasteiger partial charge is 0.375 e. The summed E-state index contributed by atoms with van der Waals surface area (Å²) in [6.07, 6.45) is 13.7. The van der Waals surface area contributed by atoms with Gasteiger partial charge in [0, 0.05) is 11.9 Å². The number of ether oxygens (including phenoxy) is 1. The number of halogens is 1. The monoisotopic (exact) mass is 272 g/mol. The third-order valence-electron chi connectivity index (χ3n) is 3.73. The van der Waals surface area contributed by atoms with Crippen molar-refractivity contribution in [1.82, 2.24) is 0 Å². The highest BCUT2D eigenvalue weighted by molar-refractivity contribution is 9.09. The van der Waals surface area contributed by atoms with Crippen LogP contribution in [0.15, 0.2) is 12.2 Å². The molecule has 1 saturated heterocycles. The fraction of sp³-hybridized carbons (Fsp3) is 0.846. The van der Waals surface area contributed by atoms with Crippen LogP contribution in [0.2, 0.25) is 0 Å². The van der Waals surface area contributed by atoms with Crippen molar-refractivity contribution in [2.45, 2.75) is 50.5 Å². The van der Waals surface area contributed by atoms with Crippen LogP contribution in [-0.4, -0.2) is 17.5 Å². The van der Waals surface area contributed by atoms with Gasteiger partial charge in [0.05, 0.1) is 5.60 Å². The number of alkyl halides is 1. The Morgan fingerprint density at radius 1 is 1.33 bits per heavy atom. The number of hydrogen-bond acceptors (Lipinski definition) is 1. The van der Waals surface area contributed by atoms with Crippen molar-refractivity contribution in [2.75, 3.05) is 11.9 Å². The Bertz CT molecular complexity index is 219. The smallest absolute Gasteiger partial charge is 0.0688 e. The number of allylic oxidation sites excluding steroid dienone is 2. The van der Waals surface area contributed by atoms with Crippen LogP contribution in [0.3, 0.4) is 0 Å². The minimum Gasteiger partial charge on any atom is -0.375 e. The van der Waals surface area contributed by atoms with Crippen molar-refractivity contribution in [3.63, 3.8) is 0 Å². The molecule has 2 fully saturated rings. The quantitative estimate of drug-likeness (QED) is 0.556. The Morgan fingerprint density at radius 3 is 2.87 bits per heavy atom. The van der Waals surface area contributed by atoms with Crippen LogP contribution >= 0.6 is 15.9 Å². The third kappa shape index (κ3) is 3.07. The van der Waals surface area contributed by atoms with Gasteiger partial charge in [0.15, 0.2) is 0 Å². The van der Waals surface area contributed by atoms with E-state index < -0.39 is 0 Å². The first-order chi connectivity index (χ1) is 7.35. The molecule has 0 aromatic carbocycles. The normalized spacial score (nSPS) is 30.3. The molecule has 0 aromatic rings. The summed E-state index contributed by atoms with van der Waals surface area (Å²) in [6.45, 7) is 0.976. The summed E-state index contributed by atoms with van der Waals surface area (Å²) in [4.78, 5) is 0. The van der Waals surface area contributed by atoms with Gasteiger partial charge in [-0.25, -0.2) is 0 Å². The standard InChI is InChI=1S/C13H21BrO/c14-9-4-1-5-12-6-10-15-13(11-12)7-2-3-8-13/h1,5,12H,2-4,6-11H2. The molecule has 0 N–H and O–H groups in total. The number of rotatable bonds is 3. The van der Waals surface area contributed by atoms with Crippen LogP contribution in [0, 0.1) is 5.92 Å². The molecular formula is C13H21BrO. The molecule has 2 heteroatoms. The molecule has 0 aromatic heterocycles. The van der Waals surface area contributed by atoms with Gasteiger partial charge >= 0.3 is 0 Å². The number of hydrogen-bond donors (Lipinski definition) is 0. The van der Waals surface area contributed by atoms with E-state index in [0.717, 1.165) is 24.3 Å². The molecule has 1 spiro atoms. The summed E-state index contributed by atoms with van der Waals surface area (Å²) in [6, 6.07) is 0. The van der Waals surface area contributed by atoms with Gasteiger partial charge in [-0.05, 0) is 38.0 Å². The maximum Gasteiger partial charge on any atom is 0.0688 e. The molecule has 2 aliphatic rings. The lowest BCUT2D eigenvalue weighted by Gasteiger charge is -2.37. The molecule has 1 heterocycles. The van der Waals surface area contributed by atoms with Crippen molar-refractivity contribution in [3.05, 3.63) is 12.2 Å². The highest BCUT2D eigenvalue weighted by Crippen LogP contribution is 2.42. The van der Waals surface area contributed by atoms with Gasteiger partial charge in [0.2, 0.25) is 0 Å². The molecule has 0 radical (unpaired) electrons. The molecule has 15 heavy (non-hydrogen) atoms. The summed E-state index contributed by atoms with van der Waals surface area (Å²) in [5, 5.41) is 1.08. The third-order valence-corrected chi connectivity index (χ3v) is 4.19. The second-order valence-electron chi connectivity index (χ2n) is 4.90. The fourth-order valence-corrected chi connectivity index (χ4v) is 3.21. The van der Waals surface area contributed by atoms with E-state index >= 15 is 0 Å². The average molecular weight is 273 g/mol. The van der Waals surface area contributed by atoms with Gasteiger partial charge in [-0.3, -0.25) is 0 Å². The predicted molar refractivity (Wildman–Crippen MR) is 67.4 cm³/mol.